The van der Waals surface area contributed by atoms with Crippen LogP contribution in [-0.4, -0.2) is 34.2 Å². The van der Waals surface area contributed by atoms with E-state index in [1.807, 2.05) is 0 Å². The summed E-state index contributed by atoms with van der Waals surface area (Å²) in [7, 11) is 0. The van der Waals surface area contributed by atoms with Crippen molar-refractivity contribution in [1.29, 1.82) is 0 Å². The molecule has 1 aliphatic heterocycles. The van der Waals surface area contributed by atoms with Gasteiger partial charge in [0.05, 0.1) is 18.0 Å². The molecule has 1 aromatic carbocycles. The minimum Gasteiger partial charge on any atom is -0.486 e. The van der Waals surface area contributed by atoms with E-state index in [1.165, 1.54) is 0 Å². The predicted octanol–water partition coefficient (Wildman–Crippen LogP) is 2.42. The van der Waals surface area contributed by atoms with Crippen molar-refractivity contribution in [2.24, 2.45) is 0 Å². The number of carbonyl (C=O) groups excluding carboxylic acids is 1. The van der Waals surface area contributed by atoms with Crippen LogP contribution in [-0.2, 0) is 17.8 Å². The summed E-state index contributed by atoms with van der Waals surface area (Å²) in [6.45, 7) is 1.05. The second kappa shape index (κ2) is 7.63. The zero-order chi connectivity index (χ0) is 18.6. The third-order valence-corrected chi connectivity index (χ3v) is 4.15. The highest BCUT2D eigenvalue weighted by atomic mass is 35.5. The van der Waals surface area contributed by atoms with Crippen LogP contribution < -0.4 is 14.8 Å². The number of carbonyl (C=O) groups is 1. The molecule has 138 valence electrons. The summed E-state index contributed by atoms with van der Waals surface area (Å²) in [6, 6.07) is 7.01. The third-order valence-electron chi connectivity index (χ3n) is 3.86. The van der Waals surface area contributed by atoms with Gasteiger partial charge in [-0.3, -0.25) is 9.78 Å². The molecule has 0 spiro atoms. The van der Waals surface area contributed by atoms with E-state index in [0.717, 1.165) is 11.1 Å². The lowest BCUT2D eigenvalue weighted by molar-refractivity contribution is -0.120. The normalized spacial score (nSPS) is 12.6. The molecule has 8 nitrogen and oxygen atoms in total. The molecule has 9 heteroatoms. The molecule has 27 heavy (non-hydrogen) atoms. The van der Waals surface area contributed by atoms with Crippen LogP contribution in [0.5, 0.6) is 11.5 Å². The van der Waals surface area contributed by atoms with Gasteiger partial charge >= 0.3 is 0 Å². The molecule has 0 saturated carbocycles. The van der Waals surface area contributed by atoms with Crippen LogP contribution in [0.25, 0.3) is 11.4 Å². The van der Waals surface area contributed by atoms with Gasteiger partial charge < -0.3 is 19.3 Å². The number of pyridine rings is 1. The molecule has 0 fully saturated rings. The molecular formula is C18H15ClN4O4. The van der Waals surface area contributed by atoms with Crippen molar-refractivity contribution in [3.63, 3.8) is 0 Å². The Hall–Kier alpha value is -3.13. The molecule has 1 N–H and O–H groups in total. The molecule has 0 bridgehead atoms. The Morgan fingerprint density at radius 2 is 2.00 bits per heavy atom. The molecule has 0 atom stereocenters. The number of hydrogen-bond acceptors (Lipinski definition) is 7. The number of halogens is 1. The summed E-state index contributed by atoms with van der Waals surface area (Å²) in [5.74, 6) is 1.62. The lowest BCUT2D eigenvalue weighted by Gasteiger charge is -2.20. The fourth-order valence-electron chi connectivity index (χ4n) is 2.63. The van der Waals surface area contributed by atoms with Crippen molar-refractivity contribution in [2.75, 3.05) is 13.2 Å². The number of rotatable bonds is 5. The van der Waals surface area contributed by atoms with E-state index < -0.39 is 0 Å². The SMILES string of the molecule is O=C(Cc1cc(Cl)c2c(c1)OCCO2)NCc1nc(-c2ccncc2)no1. The molecular weight excluding hydrogens is 372 g/mol. The van der Waals surface area contributed by atoms with E-state index in [4.69, 9.17) is 25.6 Å². The largest absolute Gasteiger partial charge is 0.486 e. The first-order valence-electron chi connectivity index (χ1n) is 8.27. The maximum absolute atomic E-state index is 12.2. The third kappa shape index (κ3) is 4.01. The molecule has 1 amide bonds. The van der Waals surface area contributed by atoms with Gasteiger partial charge in [0, 0.05) is 18.0 Å². The standard InChI is InChI=1S/C18H15ClN4O4/c19-13-7-11(8-14-17(13)26-6-5-25-14)9-15(24)21-10-16-22-18(23-27-16)12-1-3-20-4-2-12/h1-4,7-8H,5-6,9-10H2,(H,21,24). The summed E-state index contributed by atoms with van der Waals surface area (Å²) >= 11 is 6.19. The fraction of sp³-hybridized carbons (Fsp3) is 0.222. The van der Waals surface area contributed by atoms with Gasteiger partial charge in [-0.15, -0.1) is 0 Å². The van der Waals surface area contributed by atoms with E-state index in [2.05, 4.69) is 20.4 Å². The van der Waals surface area contributed by atoms with Crippen LogP contribution in [0.1, 0.15) is 11.5 Å². The van der Waals surface area contributed by atoms with E-state index in [1.54, 1.807) is 36.7 Å². The summed E-state index contributed by atoms with van der Waals surface area (Å²) in [5, 5.41) is 7.07. The lowest BCUT2D eigenvalue weighted by atomic mass is 10.1. The fourth-order valence-corrected chi connectivity index (χ4v) is 2.92. The molecule has 1 aliphatic rings. The number of benzene rings is 1. The summed E-state index contributed by atoms with van der Waals surface area (Å²) < 4.78 is 16.2. The molecule has 3 heterocycles. The molecule has 0 saturated heterocycles. The molecule has 2 aromatic heterocycles. The molecule has 3 aromatic rings. The minimum atomic E-state index is -0.202. The van der Waals surface area contributed by atoms with Crippen molar-refractivity contribution >= 4 is 17.5 Å². The zero-order valence-electron chi connectivity index (χ0n) is 14.1. The van der Waals surface area contributed by atoms with Crippen molar-refractivity contribution < 1.29 is 18.8 Å². The monoisotopic (exact) mass is 386 g/mol. The van der Waals surface area contributed by atoms with E-state index in [0.29, 0.717) is 41.5 Å². The van der Waals surface area contributed by atoms with Gasteiger partial charge in [0.1, 0.15) is 13.2 Å². The van der Waals surface area contributed by atoms with Crippen LogP contribution in [0.4, 0.5) is 0 Å². The second-order valence-electron chi connectivity index (χ2n) is 5.80. The van der Waals surface area contributed by atoms with Crippen LogP contribution in [0.3, 0.4) is 0 Å². The summed E-state index contributed by atoms with van der Waals surface area (Å²) in [6.07, 6.45) is 3.43. The second-order valence-corrected chi connectivity index (χ2v) is 6.21. The van der Waals surface area contributed by atoms with Crippen LogP contribution in [0, 0.1) is 0 Å². The average molecular weight is 387 g/mol. The van der Waals surface area contributed by atoms with Crippen LogP contribution in [0.2, 0.25) is 5.02 Å². The van der Waals surface area contributed by atoms with Gasteiger partial charge in [-0.25, -0.2) is 0 Å². The van der Waals surface area contributed by atoms with Gasteiger partial charge in [-0.1, -0.05) is 16.8 Å². The number of nitrogens with zero attached hydrogens (tertiary/aromatic N) is 3. The number of nitrogens with one attached hydrogen (secondary N) is 1. The van der Waals surface area contributed by atoms with E-state index in [-0.39, 0.29) is 18.9 Å². The van der Waals surface area contributed by atoms with E-state index >= 15 is 0 Å². The van der Waals surface area contributed by atoms with Gasteiger partial charge in [-0.05, 0) is 29.8 Å². The van der Waals surface area contributed by atoms with E-state index in [9.17, 15) is 4.79 Å². The Balaban J connectivity index is 1.36. The van der Waals surface area contributed by atoms with Gasteiger partial charge in [0.25, 0.3) is 0 Å². The molecule has 0 radical (unpaired) electrons. The minimum absolute atomic E-state index is 0.134. The highest BCUT2D eigenvalue weighted by Crippen LogP contribution is 2.38. The van der Waals surface area contributed by atoms with Crippen molar-refractivity contribution in [2.45, 2.75) is 13.0 Å². The van der Waals surface area contributed by atoms with Crippen LogP contribution >= 0.6 is 11.6 Å². The number of amides is 1. The number of aromatic nitrogens is 3. The first-order valence-corrected chi connectivity index (χ1v) is 8.64. The van der Waals surface area contributed by atoms with Crippen molar-refractivity contribution in [3.05, 3.63) is 53.1 Å². The van der Waals surface area contributed by atoms with Crippen molar-refractivity contribution in [1.82, 2.24) is 20.4 Å². The zero-order valence-corrected chi connectivity index (χ0v) is 14.9. The first-order chi connectivity index (χ1) is 13.2. The van der Waals surface area contributed by atoms with Gasteiger partial charge in [0.15, 0.2) is 11.5 Å². The van der Waals surface area contributed by atoms with Gasteiger partial charge in [-0.2, -0.15) is 4.98 Å². The Morgan fingerprint density at radius 3 is 2.85 bits per heavy atom. The van der Waals surface area contributed by atoms with Crippen LogP contribution in [0.15, 0.2) is 41.2 Å². The van der Waals surface area contributed by atoms with Crippen molar-refractivity contribution in [3.8, 4) is 22.9 Å². The maximum Gasteiger partial charge on any atom is 0.246 e. The Bertz CT molecular complexity index is 961. The first kappa shape index (κ1) is 17.3. The Labute approximate surface area is 159 Å². The Morgan fingerprint density at radius 1 is 1.19 bits per heavy atom. The molecule has 4 rings (SSSR count). The predicted molar refractivity (Wildman–Crippen MR) is 95.5 cm³/mol. The maximum atomic E-state index is 12.2. The summed E-state index contributed by atoms with van der Waals surface area (Å²) in [4.78, 5) is 20.4. The smallest absolute Gasteiger partial charge is 0.246 e. The van der Waals surface area contributed by atoms with Gasteiger partial charge in [0.2, 0.25) is 17.6 Å². The highest BCUT2D eigenvalue weighted by molar-refractivity contribution is 6.32. The Kier molecular flexibility index (Phi) is 4.88. The number of fused-ring (bicyclic) bond motifs is 1. The molecule has 0 unspecified atom stereocenters. The summed E-state index contributed by atoms with van der Waals surface area (Å²) in [5.41, 5.74) is 1.52. The molecule has 0 aliphatic carbocycles. The topological polar surface area (TPSA) is 99.4 Å². The number of ether oxygens (including phenoxy) is 2. The average Bonchev–Trinajstić information content (AvgIpc) is 3.16. The number of hydrogen-bond donors (Lipinski definition) is 1. The quantitative estimate of drug-likeness (QED) is 0.718. The lowest BCUT2D eigenvalue weighted by Crippen LogP contribution is -2.25. The highest BCUT2D eigenvalue weighted by Gasteiger charge is 2.18.